The van der Waals surface area contributed by atoms with Crippen molar-refractivity contribution in [3.63, 3.8) is 0 Å². The molecule has 0 aliphatic heterocycles. The molecule has 0 amide bonds. The zero-order valence-electron chi connectivity index (χ0n) is 10.3. The molecule has 3 rings (SSSR count). The summed E-state index contributed by atoms with van der Waals surface area (Å²) in [6.07, 6.45) is 0. The number of hydrogen-bond acceptors (Lipinski definition) is 2. The summed E-state index contributed by atoms with van der Waals surface area (Å²) in [5.41, 5.74) is 2.76. The molecule has 1 aliphatic rings. The van der Waals surface area contributed by atoms with Crippen LogP contribution >= 0.6 is 15.9 Å². The predicted octanol–water partition coefficient (Wildman–Crippen LogP) is 3.66. The van der Waals surface area contributed by atoms with E-state index < -0.39 is 4.32 Å². The standard InChI is InChI=1S/C16H11BrO2/c1-10-6-8-11(9-7-10)16(17)14(18)12-4-2-3-5-13(12)15(16)19/h2-9H,1H3. The molecule has 0 fully saturated rings. The summed E-state index contributed by atoms with van der Waals surface area (Å²) in [7, 11) is 0. The molecular formula is C16H11BrO2. The maximum absolute atomic E-state index is 12.5. The largest absolute Gasteiger partial charge is 0.292 e. The van der Waals surface area contributed by atoms with Gasteiger partial charge in [0.05, 0.1) is 0 Å². The summed E-state index contributed by atoms with van der Waals surface area (Å²) >= 11 is 3.39. The molecule has 1 aliphatic carbocycles. The van der Waals surface area contributed by atoms with Gasteiger partial charge in [0.1, 0.15) is 0 Å². The van der Waals surface area contributed by atoms with Gasteiger partial charge in [0.15, 0.2) is 15.9 Å². The Morgan fingerprint density at radius 2 is 1.32 bits per heavy atom. The van der Waals surface area contributed by atoms with E-state index in [1.165, 1.54) is 0 Å². The SMILES string of the molecule is Cc1ccc(C2(Br)C(=O)c3ccccc3C2=O)cc1. The lowest BCUT2D eigenvalue weighted by atomic mass is 9.93. The first kappa shape index (κ1) is 12.3. The average molecular weight is 315 g/mol. The number of halogens is 1. The second-order valence-electron chi connectivity index (χ2n) is 4.73. The Morgan fingerprint density at radius 1 is 0.842 bits per heavy atom. The molecule has 2 aromatic rings. The zero-order chi connectivity index (χ0) is 13.6. The van der Waals surface area contributed by atoms with Gasteiger partial charge in [0.25, 0.3) is 0 Å². The number of Topliss-reactive ketones (excluding diaryl/α,β-unsaturated/α-hetero) is 2. The van der Waals surface area contributed by atoms with Gasteiger partial charge in [-0.15, -0.1) is 0 Å². The number of carbonyl (C=O) groups excluding carboxylic acids is 2. The van der Waals surface area contributed by atoms with Crippen molar-refractivity contribution in [3.8, 4) is 0 Å². The summed E-state index contributed by atoms with van der Waals surface area (Å²) < 4.78 is -1.26. The molecular weight excluding hydrogens is 304 g/mol. The lowest BCUT2D eigenvalue weighted by Crippen LogP contribution is -2.31. The number of hydrogen-bond donors (Lipinski definition) is 0. The normalized spacial score (nSPS) is 16.5. The number of benzene rings is 2. The fraction of sp³-hybridized carbons (Fsp3) is 0.125. The van der Waals surface area contributed by atoms with Crippen LogP contribution in [0.15, 0.2) is 48.5 Å². The molecule has 0 atom stereocenters. The average Bonchev–Trinajstić information content (AvgIpc) is 2.63. The monoisotopic (exact) mass is 314 g/mol. The molecule has 0 saturated heterocycles. The van der Waals surface area contributed by atoms with Gasteiger partial charge in [-0.05, 0) is 12.5 Å². The van der Waals surface area contributed by atoms with E-state index >= 15 is 0 Å². The summed E-state index contributed by atoms with van der Waals surface area (Å²) in [5.74, 6) is -0.367. The molecule has 2 aromatic carbocycles. The van der Waals surface area contributed by atoms with Crippen molar-refractivity contribution in [2.45, 2.75) is 11.2 Å². The van der Waals surface area contributed by atoms with Crippen molar-refractivity contribution < 1.29 is 9.59 Å². The molecule has 0 unspecified atom stereocenters. The van der Waals surface area contributed by atoms with Crippen molar-refractivity contribution in [1.82, 2.24) is 0 Å². The minimum Gasteiger partial charge on any atom is -0.292 e. The Kier molecular flexibility index (Phi) is 2.68. The second-order valence-corrected chi connectivity index (χ2v) is 5.92. The van der Waals surface area contributed by atoms with Gasteiger partial charge < -0.3 is 0 Å². The third kappa shape index (κ3) is 1.61. The van der Waals surface area contributed by atoms with Crippen LogP contribution in [-0.2, 0) is 4.32 Å². The maximum atomic E-state index is 12.5. The zero-order valence-corrected chi connectivity index (χ0v) is 11.9. The van der Waals surface area contributed by atoms with E-state index in [1.807, 2.05) is 31.2 Å². The molecule has 0 N–H and O–H groups in total. The molecule has 2 nitrogen and oxygen atoms in total. The number of alkyl halides is 1. The highest BCUT2D eigenvalue weighted by molar-refractivity contribution is 9.10. The third-order valence-corrected chi connectivity index (χ3v) is 4.67. The third-order valence-electron chi connectivity index (χ3n) is 3.49. The number of ketones is 2. The molecule has 0 saturated carbocycles. The van der Waals surface area contributed by atoms with E-state index in [1.54, 1.807) is 24.3 Å². The van der Waals surface area contributed by atoms with E-state index in [2.05, 4.69) is 15.9 Å². The van der Waals surface area contributed by atoms with Crippen LogP contribution in [0.2, 0.25) is 0 Å². The summed E-state index contributed by atoms with van der Waals surface area (Å²) in [6, 6.07) is 14.4. The summed E-state index contributed by atoms with van der Waals surface area (Å²) in [4.78, 5) is 25.1. The lowest BCUT2D eigenvalue weighted by molar-refractivity contribution is 0.0871. The Morgan fingerprint density at radius 3 is 1.79 bits per heavy atom. The van der Waals surface area contributed by atoms with Gasteiger partial charge in [0.2, 0.25) is 0 Å². The number of fused-ring (bicyclic) bond motifs is 1. The highest BCUT2D eigenvalue weighted by Gasteiger charge is 2.52. The van der Waals surface area contributed by atoms with Crippen LogP contribution in [-0.4, -0.2) is 11.6 Å². The van der Waals surface area contributed by atoms with Gasteiger partial charge in [0, 0.05) is 11.1 Å². The number of aryl methyl sites for hydroxylation is 1. The summed E-state index contributed by atoms with van der Waals surface area (Å²) in [5, 5.41) is 0. The Bertz CT molecular complexity index is 651. The van der Waals surface area contributed by atoms with Gasteiger partial charge in [-0.25, -0.2) is 0 Å². The minimum absolute atomic E-state index is 0.183. The van der Waals surface area contributed by atoms with Crippen LogP contribution in [0.25, 0.3) is 0 Å². The first-order chi connectivity index (χ1) is 9.05. The van der Waals surface area contributed by atoms with Crippen molar-refractivity contribution in [3.05, 3.63) is 70.8 Å². The van der Waals surface area contributed by atoms with Crippen molar-refractivity contribution in [2.24, 2.45) is 0 Å². The highest BCUT2D eigenvalue weighted by Crippen LogP contribution is 2.44. The van der Waals surface area contributed by atoms with Gasteiger partial charge in [-0.3, -0.25) is 9.59 Å². The lowest BCUT2D eigenvalue weighted by Gasteiger charge is -2.18. The molecule has 19 heavy (non-hydrogen) atoms. The second kappa shape index (κ2) is 4.14. The topological polar surface area (TPSA) is 34.1 Å². The Labute approximate surface area is 119 Å². The highest BCUT2D eigenvalue weighted by atomic mass is 79.9. The van der Waals surface area contributed by atoms with Gasteiger partial charge in [-0.2, -0.15) is 0 Å². The predicted molar refractivity (Wildman–Crippen MR) is 76.9 cm³/mol. The van der Waals surface area contributed by atoms with Crippen LogP contribution in [0.4, 0.5) is 0 Å². The Hall–Kier alpha value is -1.74. The van der Waals surface area contributed by atoms with E-state index in [-0.39, 0.29) is 11.6 Å². The van der Waals surface area contributed by atoms with Gasteiger partial charge in [-0.1, -0.05) is 70.0 Å². The molecule has 0 aromatic heterocycles. The van der Waals surface area contributed by atoms with Gasteiger partial charge >= 0.3 is 0 Å². The Balaban J connectivity index is 2.19. The first-order valence-electron chi connectivity index (χ1n) is 6.00. The van der Waals surface area contributed by atoms with Crippen LogP contribution in [0.3, 0.4) is 0 Å². The fourth-order valence-corrected chi connectivity index (χ4v) is 3.09. The van der Waals surface area contributed by atoms with Crippen molar-refractivity contribution >= 4 is 27.5 Å². The number of carbonyl (C=O) groups is 2. The van der Waals surface area contributed by atoms with E-state index in [9.17, 15) is 9.59 Å². The molecule has 0 bridgehead atoms. The molecule has 3 heteroatoms. The van der Waals surface area contributed by atoms with E-state index in [0.717, 1.165) is 5.56 Å². The van der Waals surface area contributed by atoms with E-state index in [4.69, 9.17) is 0 Å². The van der Waals surface area contributed by atoms with Crippen LogP contribution < -0.4 is 0 Å². The molecule has 94 valence electrons. The van der Waals surface area contributed by atoms with Crippen molar-refractivity contribution in [1.29, 1.82) is 0 Å². The first-order valence-corrected chi connectivity index (χ1v) is 6.79. The molecule has 0 heterocycles. The smallest absolute Gasteiger partial charge is 0.192 e. The molecule has 0 spiro atoms. The van der Waals surface area contributed by atoms with Crippen LogP contribution in [0.5, 0.6) is 0 Å². The minimum atomic E-state index is -1.26. The fourth-order valence-electron chi connectivity index (χ4n) is 2.40. The maximum Gasteiger partial charge on any atom is 0.192 e. The van der Waals surface area contributed by atoms with Crippen molar-refractivity contribution in [2.75, 3.05) is 0 Å². The van der Waals surface area contributed by atoms with Crippen LogP contribution in [0, 0.1) is 6.92 Å². The quantitative estimate of drug-likeness (QED) is 0.594. The van der Waals surface area contributed by atoms with Crippen LogP contribution in [0.1, 0.15) is 31.8 Å². The van der Waals surface area contributed by atoms with E-state index in [0.29, 0.717) is 16.7 Å². The summed E-state index contributed by atoms with van der Waals surface area (Å²) in [6.45, 7) is 1.97. The molecule has 0 radical (unpaired) electrons. The number of rotatable bonds is 1.